The molecule has 0 spiro atoms. The molecule has 37 heavy (non-hydrogen) atoms. The third-order valence-corrected chi connectivity index (χ3v) is 7.41. The minimum atomic E-state index is -4.32. The van der Waals surface area contributed by atoms with E-state index in [-0.39, 0.29) is 0 Å². The van der Waals surface area contributed by atoms with E-state index in [1.807, 2.05) is 48.5 Å². The van der Waals surface area contributed by atoms with Crippen molar-refractivity contribution in [1.29, 1.82) is 0 Å². The van der Waals surface area contributed by atoms with Crippen molar-refractivity contribution in [2.75, 3.05) is 31.1 Å². The molecule has 192 valence electrons. The maximum absolute atomic E-state index is 12.9. The molecule has 0 saturated carbocycles. The highest BCUT2D eigenvalue weighted by Crippen LogP contribution is 2.33. The molecule has 1 fully saturated rings. The van der Waals surface area contributed by atoms with Crippen LogP contribution in [0.5, 0.6) is 0 Å². The lowest BCUT2D eigenvalue weighted by Gasteiger charge is -2.36. The van der Waals surface area contributed by atoms with Gasteiger partial charge in [0, 0.05) is 59.8 Å². The summed E-state index contributed by atoms with van der Waals surface area (Å²) in [6.07, 6.45) is -4.32. The number of piperazine rings is 1. The maximum atomic E-state index is 12.9. The first-order chi connectivity index (χ1) is 17.7. The number of benzene rings is 3. The predicted octanol–water partition coefficient (Wildman–Crippen LogP) is 8.10. The van der Waals surface area contributed by atoms with Gasteiger partial charge in [0.15, 0.2) is 0 Å². The summed E-state index contributed by atoms with van der Waals surface area (Å²) in [5, 5.41) is 1.38. The van der Waals surface area contributed by atoms with E-state index in [2.05, 4.69) is 27.4 Å². The number of halogens is 5. The summed E-state index contributed by atoms with van der Waals surface area (Å²) in [6, 6.07) is 23.3. The molecule has 1 aliphatic rings. The number of aromatic nitrogens is 1. The van der Waals surface area contributed by atoms with Crippen LogP contribution in [0.2, 0.25) is 10.0 Å². The van der Waals surface area contributed by atoms with Gasteiger partial charge in [-0.05, 0) is 84.8 Å². The largest absolute Gasteiger partial charge is 0.416 e. The lowest BCUT2D eigenvalue weighted by atomic mass is 10.1. The fourth-order valence-corrected chi connectivity index (χ4v) is 5.09. The molecule has 1 aliphatic heterocycles. The van der Waals surface area contributed by atoms with E-state index in [0.717, 1.165) is 73.2 Å². The van der Waals surface area contributed by atoms with Crippen LogP contribution in [0.15, 0.2) is 78.9 Å². The molecule has 0 bridgehead atoms. The second kappa shape index (κ2) is 10.4. The number of nitrogens with zero attached hydrogens (tertiary/aromatic N) is 3. The van der Waals surface area contributed by atoms with Crippen LogP contribution in [0.4, 0.5) is 18.9 Å². The SMILES string of the molecule is Cc1c(CN2CCN(c3ccc(C(F)(F)F)cc3)CC2)cc(-c2ccc(Cl)cc2)n1-c1ccc(Cl)cc1. The Morgan fingerprint density at radius 1 is 0.730 bits per heavy atom. The van der Waals surface area contributed by atoms with Crippen LogP contribution in [0.1, 0.15) is 16.8 Å². The maximum Gasteiger partial charge on any atom is 0.416 e. The normalized spacial score (nSPS) is 14.8. The Morgan fingerprint density at radius 3 is 1.84 bits per heavy atom. The zero-order chi connectivity index (χ0) is 26.2. The average molecular weight is 544 g/mol. The van der Waals surface area contributed by atoms with Crippen LogP contribution in [0.25, 0.3) is 16.9 Å². The zero-order valence-corrected chi connectivity index (χ0v) is 21.8. The van der Waals surface area contributed by atoms with Gasteiger partial charge < -0.3 is 9.47 Å². The summed E-state index contributed by atoms with van der Waals surface area (Å²) < 4.78 is 40.9. The van der Waals surface area contributed by atoms with Crippen LogP contribution in [-0.4, -0.2) is 35.6 Å². The summed E-state index contributed by atoms with van der Waals surface area (Å²) in [4.78, 5) is 4.53. The van der Waals surface area contributed by atoms with E-state index in [9.17, 15) is 13.2 Å². The van der Waals surface area contributed by atoms with Gasteiger partial charge >= 0.3 is 6.18 Å². The van der Waals surface area contributed by atoms with Gasteiger partial charge in [0.2, 0.25) is 0 Å². The van der Waals surface area contributed by atoms with Gasteiger partial charge in [-0.3, -0.25) is 4.90 Å². The number of hydrogen-bond donors (Lipinski definition) is 0. The summed E-state index contributed by atoms with van der Waals surface area (Å²) >= 11 is 12.3. The fraction of sp³-hybridized carbons (Fsp3) is 0.241. The monoisotopic (exact) mass is 543 g/mol. The zero-order valence-electron chi connectivity index (χ0n) is 20.3. The van der Waals surface area contributed by atoms with Crippen molar-refractivity contribution in [3.05, 3.63) is 106 Å². The summed E-state index contributed by atoms with van der Waals surface area (Å²) in [5.41, 5.74) is 5.76. The first-order valence-corrected chi connectivity index (χ1v) is 12.8. The minimum Gasteiger partial charge on any atom is -0.369 e. The van der Waals surface area contributed by atoms with Crippen LogP contribution >= 0.6 is 23.2 Å². The van der Waals surface area contributed by atoms with Crippen molar-refractivity contribution in [1.82, 2.24) is 9.47 Å². The fourth-order valence-electron chi connectivity index (χ4n) is 4.84. The number of hydrogen-bond acceptors (Lipinski definition) is 2. The molecule has 0 amide bonds. The molecule has 3 aromatic carbocycles. The first kappa shape index (κ1) is 25.7. The van der Waals surface area contributed by atoms with Gasteiger partial charge in [-0.1, -0.05) is 35.3 Å². The summed E-state index contributed by atoms with van der Waals surface area (Å²) in [5.74, 6) is 0. The number of anilines is 1. The molecule has 2 heterocycles. The molecule has 8 heteroatoms. The molecule has 0 N–H and O–H groups in total. The summed E-state index contributed by atoms with van der Waals surface area (Å²) in [6.45, 7) is 6.07. The van der Waals surface area contributed by atoms with Crippen LogP contribution in [0.3, 0.4) is 0 Å². The molecule has 0 radical (unpaired) electrons. The Bertz CT molecular complexity index is 1350. The van der Waals surface area contributed by atoms with Crippen molar-refractivity contribution in [3.63, 3.8) is 0 Å². The van der Waals surface area contributed by atoms with Crippen molar-refractivity contribution < 1.29 is 13.2 Å². The van der Waals surface area contributed by atoms with E-state index < -0.39 is 11.7 Å². The quantitative estimate of drug-likeness (QED) is 0.252. The van der Waals surface area contributed by atoms with Crippen LogP contribution < -0.4 is 4.90 Å². The van der Waals surface area contributed by atoms with Gasteiger partial charge in [0.25, 0.3) is 0 Å². The Labute approximate surface area is 224 Å². The molecule has 5 rings (SSSR count). The van der Waals surface area contributed by atoms with Gasteiger partial charge in [-0.2, -0.15) is 13.2 Å². The first-order valence-electron chi connectivity index (χ1n) is 12.1. The van der Waals surface area contributed by atoms with Gasteiger partial charge in [-0.25, -0.2) is 0 Å². The van der Waals surface area contributed by atoms with Crippen molar-refractivity contribution in [2.24, 2.45) is 0 Å². The van der Waals surface area contributed by atoms with Gasteiger partial charge in [0.1, 0.15) is 0 Å². The number of alkyl halides is 3. The molecule has 4 aromatic rings. The molecule has 1 saturated heterocycles. The lowest BCUT2D eigenvalue weighted by molar-refractivity contribution is -0.137. The van der Waals surface area contributed by atoms with Gasteiger partial charge in [-0.15, -0.1) is 0 Å². The van der Waals surface area contributed by atoms with E-state index in [4.69, 9.17) is 23.2 Å². The predicted molar refractivity (Wildman–Crippen MR) is 145 cm³/mol. The Kier molecular flexibility index (Phi) is 7.26. The Hall–Kier alpha value is -2.93. The van der Waals surface area contributed by atoms with E-state index in [0.29, 0.717) is 10.0 Å². The number of rotatable bonds is 5. The van der Waals surface area contributed by atoms with E-state index in [1.165, 1.54) is 5.56 Å². The molecular weight excluding hydrogens is 518 g/mol. The van der Waals surface area contributed by atoms with Gasteiger partial charge in [0.05, 0.1) is 11.3 Å². The smallest absolute Gasteiger partial charge is 0.369 e. The second-order valence-corrected chi connectivity index (χ2v) is 10.1. The highest BCUT2D eigenvalue weighted by atomic mass is 35.5. The topological polar surface area (TPSA) is 11.4 Å². The molecule has 0 unspecified atom stereocenters. The molecule has 0 atom stereocenters. The molecule has 1 aromatic heterocycles. The highest BCUT2D eigenvalue weighted by molar-refractivity contribution is 6.30. The third kappa shape index (κ3) is 5.66. The van der Waals surface area contributed by atoms with E-state index in [1.54, 1.807) is 12.1 Å². The standard InChI is InChI=1S/C29H26Cl2F3N3/c1-20-22(19-35-14-16-36(17-15-35)26-10-4-23(5-11-26)29(32,33)34)18-28(21-2-6-24(30)7-3-21)37(20)27-12-8-25(31)9-13-27/h2-13,18H,14-17,19H2,1H3. The molecular formula is C29H26Cl2F3N3. The molecule has 3 nitrogen and oxygen atoms in total. The summed E-state index contributed by atoms with van der Waals surface area (Å²) in [7, 11) is 0. The Morgan fingerprint density at radius 2 is 1.27 bits per heavy atom. The lowest BCUT2D eigenvalue weighted by Crippen LogP contribution is -2.46. The van der Waals surface area contributed by atoms with Crippen molar-refractivity contribution >= 4 is 28.9 Å². The second-order valence-electron chi connectivity index (χ2n) is 9.27. The van der Waals surface area contributed by atoms with E-state index >= 15 is 0 Å². The van der Waals surface area contributed by atoms with Crippen LogP contribution in [0, 0.1) is 6.92 Å². The Balaban J connectivity index is 1.35. The minimum absolute atomic E-state index is 0.618. The van der Waals surface area contributed by atoms with Crippen molar-refractivity contribution in [2.45, 2.75) is 19.6 Å². The highest BCUT2D eigenvalue weighted by Gasteiger charge is 2.30. The molecule has 0 aliphatic carbocycles. The van der Waals surface area contributed by atoms with Crippen molar-refractivity contribution in [3.8, 4) is 16.9 Å². The van der Waals surface area contributed by atoms with Crippen LogP contribution in [-0.2, 0) is 12.7 Å². The third-order valence-electron chi connectivity index (χ3n) is 6.90. The average Bonchev–Trinajstić information content (AvgIpc) is 3.20.